The lowest BCUT2D eigenvalue weighted by Crippen LogP contribution is -2.25. The van der Waals surface area contributed by atoms with Crippen molar-refractivity contribution in [1.29, 1.82) is 0 Å². The minimum atomic E-state index is 0.0602. The Hall–Kier alpha value is -1.16. The summed E-state index contributed by atoms with van der Waals surface area (Å²) in [5.41, 5.74) is 2.05. The Morgan fingerprint density at radius 3 is 2.81 bits per heavy atom. The number of aryl methyl sites for hydroxylation is 2. The number of nitrogens with one attached hydrogen (secondary N) is 1. The van der Waals surface area contributed by atoms with E-state index in [1.807, 2.05) is 31.8 Å². The summed E-state index contributed by atoms with van der Waals surface area (Å²) in [6.07, 6.45) is 1.39. The molecule has 4 nitrogen and oxygen atoms in total. The van der Waals surface area contributed by atoms with Gasteiger partial charge in [-0.25, -0.2) is 0 Å². The summed E-state index contributed by atoms with van der Waals surface area (Å²) in [7, 11) is 3.76. The number of hydrogen-bond acceptors (Lipinski definition) is 3. The summed E-state index contributed by atoms with van der Waals surface area (Å²) in [6, 6.07) is 2.02. The van der Waals surface area contributed by atoms with Gasteiger partial charge in [-0.1, -0.05) is 13.8 Å². The second kappa shape index (κ2) is 5.80. The topological polar surface area (TPSA) is 46.9 Å². The first-order chi connectivity index (χ1) is 7.58. The molecule has 1 atom stereocenters. The molecule has 0 radical (unpaired) electrons. The van der Waals surface area contributed by atoms with E-state index in [4.69, 9.17) is 0 Å². The van der Waals surface area contributed by atoms with Gasteiger partial charge in [-0.3, -0.25) is 9.48 Å². The second-order valence-corrected chi connectivity index (χ2v) is 4.21. The van der Waals surface area contributed by atoms with Crippen LogP contribution >= 0.6 is 0 Å². The van der Waals surface area contributed by atoms with Gasteiger partial charge in [0, 0.05) is 31.6 Å². The van der Waals surface area contributed by atoms with Crippen molar-refractivity contribution in [2.75, 3.05) is 13.6 Å². The van der Waals surface area contributed by atoms with E-state index in [0.29, 0.717) is 6.42 Å². The molecule has 0 amide bonds. The Kier molecular flexibility index (Phi) is 4.68. The lowest BCUT2D eigenvalue weighted by Gasteiger charge is -2.09. The molecule has 0 aliphatic rings. The maximum atomic E-state index is 11.9. The first-order valence-corrected chi connectivity index (χ1v) is 5.77. The van der Waals surface area contributed by atoms with E-state index in [2.05, 4.69) is 17.3 Å². The number of hydrogen-bond donors (Lipinski definition) is 1. The van der Waals surface area contributed by atoms with Gasteiger partial charge in [0.15, 0.2) is 0 Å². The molecule has 1 heterocycles. The van der Waals surface area contributed by atoms with Crippen molar-refractivity contribution in [3.05, 3.63) is 17.5 Å². The van der Waals surface area contributed by atoms with E-state index < -0.39 is 0 Å². The molecule has 1 aromatic rings. The molecule has 0 spiro atoms. The molecule has 4 heteroatoms. The molecular weight excluding hydrogens is 202 g/mol. The number of nitrogens with zero attached hydrogens (tertiary/aromatic N) is 2. The fourth-order valence-corrected chi connectivity index (χ4v) is 1.68. The molecule has 90 valence electrons. The Bertz CT molecular complexity index is 357. The second-order valence-electron chi connectivity index (χ2n) is 4.21. The molecule has 1 N–H and O–H groups in total. The van der Waals surface area contributed by atoms with Crippen molar-refractivity contribution < 1.29 is 4.79 Å². The third-order valence-corrected chi connectivity index (χ3v) is 2.80. The van der Waals surface area contributed by atoms with Crippen LogP contribution in [0.3, 0.4) is 0 Å². The fourth-order valence-electron chi connectivity index (χ4n) is 1.68. The molecule has 0 saturated carbocycles. The lowest BCUT2D eigenvalue weighted by atomic mass is 10.0. The third kappa shape index (κ3) is 3.17. The van der Waals surface area contributed by atoms with Crippen LogP contribution in [-0.2, 0) is 24.7 Å². The summed E-state index contributed by atoms with van der Waals surface area (Å²) in [5, 5.41) is 7.36. The smallest absolute Gasteiger partial charge is 0.142 e. The number of carbonyl (C=O) groups is 1. The summed E-state index contributed by atoms with van der Waals surface area (Å²) in [6.45, 7) is 4.75. The molecule has 0 aliphatic heterocycles. The SMILES string of the molecule is CCc1cc(CC(=O)C(C)CNC)n(C)n1. The number of aromatic nitrogens is 2. The third-order valence-electron chi connectivity index (χ3n) is 2.80. The van der Waals surface area contributed by atoms with Gasteiger partial charge >= 0.3 is 0 Å². The Morgan fingerprint density at radius 1 is 1.62 bits per heavy atom. The van der Waals surface area contributed by atoms with E-state index in [1.54, 1.807) is 0 Å². The van der Waals surface area contributed by atoms with E-state index in [-0.39, 0.29) is 11.7 Å². The van der Waals surface area contributed by atoms with Crippen LogP contribution in [0.2, 0.25) is 0 Å². The van der Waals surface area contributed by atoms with E-state index in [9.17, 15) is 4.79 Å². The van der Waals surface area contributed by atoms with Crippen molar-refractivity contribution in [2.45, 2.75) is 26.7 Å². The predicted molar refractivity (Wildman–Crippen MR) is 64.4 cm³/mol. The number of Topliss-reactive ketones (excluding diaryl/α,β-unsaturated/α-hetero) is 1. The quantitative estimate of drug-likeness (QED) is 0.781. The van der Waals surface area contributed by atoms with Crippen molar-refractivity contribution in [2.24, 2.45) is 13.0 Å². The average molecular weight is 223 g/mol. The average Bonchev–Trinajstić information content (AvgIpc) is 2.60. The highest BCUT2D eigenvalue weighted by Crippen LogP contribution is 2.08. The molecule has 0 saturated heterocycles. The van der Waals surface area contributed by atoms with Gasteiger partial charge in [-0.15, -0.1) is 0 Å². The summed E-state index contributed by atoms with van der Waals surface area (Å²) in [5.74, 6) is 0.324. The standard InChI is InChI=1S/C12H21N3O/c1-5-10-6-11(15(4)14-10)7-12(16)9(2)8-13-3/h6,9,13H,5,7-8H2,1-4H3. The summed E-state index contributed by atoms with van der Waals surface area (Å²) in [4.78, 5) is 11.9. The molecule has 1 unspecified atom stereocenters. The summed E-state index contributed by atoms with van der Waals surface area (Å²) >= 11 is 0. The van der Waals surface area contributed by atoms with Crippen LogP contribution in [0.4, 0.5) is 0 Å². The molecule has 0 bridgehead atoms. The number of ketones is 1. The van der Waals surface area contributed by atoms with E-state index in [1.165, 1.54) is 0 Å². The first kappa shape index (κ1) is 12.9. The van der Waals surface area contributed by atoms with Gasteiger partial charge in [0.25, 0.3) is 0 Å². The Labute approximate surface area is 97.0 Å². The lowest BCUT2D eigenvalue weighted by molar-refractivity contribution is -0.121. The van der Waals surface area contributed by atoms with Crippen LogP contribution in [0, 0.1) is 5.92 Å². The Balaban J connectivity index is 2.65. The number of rotatable bonds is 6. The highest BCUT2D eigenvalue weighted by Gasteiger charge is 2.15. The maximum Gasteiger partial charge on any atom is 0.142 e. The fraction of sp³-hybridized carbons (Fsp3) is 0.667. The van der Waals surface area contributed by atoms with Crippen LogP contribution < -0.4 is 5.32 Å². The molecule has 1 rings (SSSR count). The normalized spacial score (nSPS) is 12.8. The highest BCUT2D eigenvalue weighted by molar-refractivity contribution is 5.82. The van der Waals surface area contributed by atoms with Gasteiger partial charge in [0.05, 0.1) is 5.69 Å². The van der Waals surface area contributed by atoms with Gasteiger partial charge in [-0.05, 0) is 19.5 Å². The zero-order valence-electron chi connectivity index (χ0n) is 10.6. The van der Waals surface area contributed by atoms with Crippen LogP contribution in [-0.4, -0.2) is 29.2 Å². The number of carbonyl (C=O) groups excluding carboxylic acids is 1. The van der Waals surface area contributed by atoms with Crippen molar-refractivity contribution in [3.8, 4) is 0 Å². The minimum absolute atomic E-state index is 0.0602. The van der Waals surface area contributed by atoms with Crippen LogP contribution in [0.5, 0.6) is 0 Å². The van der Waals surface area contributed by atoms with E-state index in [0.717, 1.165) is 24.4 Å². The molecule has 0 aromatic carbocycles. The maximum absolute atomic E-state index is 11.9. The van der Waals surface area contributed by atoms with Crippen LogP contribution in [0.15, 0.2) is 6.07 Å². The zero-order chi connectivity index (χ0) is 12.1. The molecular formula is C12H21N3O. The monoisotopic (exact) mass is 223 g/mol. The van der Waals surface area contributed by atoms with Gasteiger partial charge in [0.1, 0.15) is 5.78 Å². The molecule has 0 aliphatic carbocycles. The van der Waals surface area contributed by atoms with Crippen LogP contribution in [0.1, 0.15) is 25.2 Å². The van der Waals surface area contributed by atoms with Gasteiger partial charge in [-0.2, -0.15) is 5.10 Å². The van der Waals surface area contributed by atoms with Gasteiger partial charge < -0.3 is 5.32 Å². The van der Waals surface area contributed by atoms with Crippen LogP contribution in [0.25, 0.3) is 0 Å². The van der Waals surface area contributed by atoms with E-state index >= 15 is 0 Å². The Morgan fingerprint density at radius 2 is 2.31 bits per heavy atom. The highest BCUT2D eigenvalue weighted by atomic mass is 16.1. The van der Waals surface area contributed by atoms with Crippen molar-refractivity contribution >= 4 is 5.78 Å². The van der Waals surface area contributed by atoms with Gasteiger partial charge in [0.2, 0.25) is 0 Å². The minimum Gasteiger partial charge on any atom is -0.319 e. The van der Waals surface area contributed by atoms with Crippen molar-refractivity contribution in [1.82, 2.24) is 15.1 Å². The first-order valence-electron chi connectivity index (χ1n) is 5.77. The molecule has 0 fully saturated rings. The molecule has 1 aromatic heterocycles. The van der Waals surface area contributed by atoms with Crippen molar-refractivity contribution in [3.63, 3.8) is 0 Å². The predicted octanol–water partition coefficient (Wildman–Crippen LogP) is 0.950. The largest absolute Gasteiger partial charge is 0.319 e. The molecule has 16 heavy (non-hydrogen) atoms. The zero-order valence-corrected chi connectivity index (χ0v) is 10.6. The summed E-state index contributed by atoms with van der Waals surface area (Å²) < 4.78 is 1.81.